The van der Waals surface area contributed by atoms with E-state index >= 15 is 0 Å². The van der Waals surface area contributed by atoms with Gasteiger partial charge in [-0.15, -0.1) is 16.9 Å². The summed E-state index contributed by atoms with van der Waals surface area (Å²) in [6.07, 6.45) is 0.270. The van der Waals surface area contributed by atoms with E-state index in [4.69, 9.17) is 4.42 Å². The molecule has 0 aliphatic rings. The van der Waals surface area contributed by atoms with Gasteiger partial charge in [0.05, 0.1) is 6.42 Å². The van der Waals surface area contributed by atoms with Crippen molar-refractivity contribution in [1.82, 2.24) is 10.2 Å². The molecule has 0 saturated heterocycles. The van der Waals surface area contributed by atoms with Crippen molar-refractivity contribution in [2.75, 3.05) is 5.32 Å². The van der Waals surface area contributed by atoms with Gasteiger partial charge in [0.2, 0.25) is 11.8 Å². The molecule has 1 aromatic heterocycles. The van der Waals surface area contributed by atoms with Crippen LogP contribution in [-0.4, -0.2) is 21.4 Å². The summed E-state index contributed by atoms with van der Waals surface area (Å²) in [5.41, 5.74) is 4.04. The number of aromatic nitrogens is 2. The molecule has 3 aromatic rings. The lowest BCUT2D eigenvalue weighted by Gasteiger charge is -2.06. The molecule has 27 heavy (non-hydrogen) atoms. The molecule has 0 aliphatic carbocycles. The molecule has 2 aromatic carbocycles. The van der Waals surface area contributed by atoms with E-state index in [2.05, 4.69) is 35.4 Å². The third-order valence-corrected chi connectivity index (χ3v) is 4.98. The average Bonchev–Trinajstić information content (AvgIpc) is 3.06. The molecule has 1 amide bonds. The highest BCUT2D eigenvalue weighted by Gasteiger charge is 2.13. The molecule has 0 atom stereocenters. The van der Waals surface area contributed by atoms with Crippen LogP contribution in [-0.2, 0) is 11.2 Å². The third kappa shape index (κ3) is 5.20. The van der Waals surface area contributed by atoms with Crippen LogP contribution < -0.4 is 5.32 Å². The van der Waals surface area contributed by atoms with Gasteiger partial charge in [0.1, 0.15) is 0 Å². The molecule has 0 aliphatic heterocycles. The lowest BCUT2D eigenvalue weighted by Crippen LogP contribution is -2.15. The monoisotopic (exact) mass is 381 g/mol. The lowest BCUT2D eigenvalue weighted by atomic mass is 10.0. The van der Waals surface area contributed by atoms with Gasteiger partial charge < -0.3 is 4.42 Å². The zero-order chi connectivity index (χ0) is 19.4. The molecule has 1 N–H and O–H groups in total. The highest BCUT2D eigenvalue weighted by molar-refractivity contribution is 7.99. The van der Waals surface area contributed by atoms with E-state index in [1.807, 2.05) is 50.2 Å². The SMILES string of the molecule is Cc1ccc(C)c(CC(=O)Nc2nnc(-c3cccc(SC(C)C)c3)o2)c1. The van der Waals surface area contributed by atoms with Crippen molar-refractivity contribution in [3.63, 3.8) is 0 Å². The summed E-state index contributed by atoms with van der Waals surface area (Å²) in [7, 11) is 0. The van der Waals surface area contributed by atoms with Gasteiger partial charge in [0.25, 0.3) is 0 Å². The van der Waals surface area contributed by atoms with E-state index in [1.54, 1.807) is 11.8 Å². The van der Waals surface area contributed by atoms with Gasteiger partial charge in [-0.1, -0.05) is 48.8 Å². The van der Waals surface area contributed by atoms with Crippen molar-refractivity contribution in [3.8, 4) is 11.5 Å². The minimum atomic E-state index is -0.178. The van der Waals surface area contributed by atoms with Crippen molar-refractivity contribution in [1.29, 1.82) is 0 Å². The zero-order valence-corrected chi connectivity index (χ0v) is 16.8. The quantitative estimate of drug-likeness (QED) is 0.606. The number of benzene rings is 2. The second-order valence-corrected chi connectivity index (χ2v) is 8.41. The number of hydrogen-bond acceptors (Lipinski definition) is 5. The number of carbonyl (C=O) groups is 1. The Bertz CT molecular complexity index is 950. The first kappa shape index (κ1) is 19.2. The molecule has 1 heterocycles. The topological polar surface area (TPSA) is 68.0 Å². The Labute approximate surface area is 163 Å². The van der Waals surface area contributed by atoms with E-state index in [9.17, 15) is 4.79 Å². The molecule has 6 heteroatoms. The van der Waals surface area contributed by atoms with Crippen molar-refractivity contribution in [2.24, 2.45) is 0 Å². The number of aryl methyl sites for hydroxylation is 2. The first-order valence-corrected chi connectivity index (χ1v) is 9.75. The summed E-state index contributed by atoms with van der Waals surface area (Å²) in [6.45, 7) is 8.30. The highest BCUT2D eigenvalue weighted by Crippen LogP contribution is 2.28. The van der Waals surface area contributed by atoms with Crippen molar-refractivity contribution < 1.29 is 9.21 Å². The van der Waals surface area contributed by atoms with Crippen LogP contribution in [0, 0.1) is 13.8 Å². The minimum Gasteiger partial charge on any atom is -0.403 e. The van der Waals surface area contributed by atoms with E-state index in [0.717, 1.165) is 27.1 Å². The predicted octanol–water partition coefficient (Wildman–Crippen LogP) is 5.04. The standard InChI is InChI=1S/C21H23N3O2S/c1-13(2)27-18-7-5-6-16(11-18)20-23-24-21(26-20)22-19(25)12-17-10-14(3)8-9-15(17)4/h5-11,13H,12H2,1-4H3,(H,22,24,25). The molecule has 3 rings (SSSR count). The van der Waals surface area contributed by atoms with Crippen LogP contribution >= 0.6 is 11.8 Å². The molecular weight excluding hydrogens is 358 g/mol. The molecule has 5 nitrogen and oxygen atoms in total. The number of nitrogens with one attached hydrogen (secondary N) is 1. The van der Waals surface area contributed by atoms with Gasteiger partial charge in [0, 0.05) is 15.7 Å². The van der Waals surface area contributed by atoms with Crippen LogP contribution in [0.25, 0.3) is 11.5 Å². The molecule has 0 bridgehead atoms. The molecule has 0 radical (unpaired) electrons. The Kier molecular flexibility index (Phi) is 5.96. The molecule has 0 spiro atoms. The smallest absolute Gasteiger partial charge is 0.322 e. The van der Waals surface area contributed by atoms with Crippen LogP contribution in [0.4, 0.5) is 6.01 Å². The largest absolute Gasteiger partial charge is 0.403 e. The summed E-state index contributed by atoms with van der Waals surface area (Å²) in [4.78, 5) is 13.5. The Morgan fingerprint density at radius 1 is 1.15 bits per heavy atom. The predicted molar refractivity (Wildman–Crippen MR) is 109 cm³/mol. The maximum Gasteiger partial charge on any atom is 0.322 e. The summed E-state index contributed by atoms with van der Waals surface area (Å²) in [5.74, 6) is 0.214. The number of rotatable bonds is 6. The summed E-state index contributed by atoms with van der Waals surface area (Å²) in [5, 5.41) is 11.2. The summed E-state index contributed by atoms with van der Waals surface area (Å²) in [6, 6.07) is 14.1. The van der Waals surface area contributed by atoms with Crippen LogP contribution in [0.15, 0.2) is 51.8 Å². The maximum absolute atomic E-state index is 12.3. The normalized spacial score (nSPS) is 11.0. The van der Waals surface area contributed by atoms with Crippen molar-refractivity contribution in [2.45, 2.75) is 44.3 Å². The Hall–Kier alpha value is -2.60. The van der Waals surface area contributed by atoms with Crippen LogP contribution in [0.1, 0.15) is 30.5 Å². The number of carbonyl (C=O) groups excluding carboxylic acids is 1. The third-order valence-electron chi connectivity index (χ3n) is 3.98. The van der Waals surface area contributed by atoms with Crippen LogP contribution in [0.2, 0.25) is 0 Å². The van der Waals surface area contributed by atoms with E-state index in [-0.39, 0.29) is 18.3 Å². The fraction of sp³-hybridized carbons (Fsp3) is 0.286. The van der Waals surface area contributed by atoms with E-state index in [1.165, 1.54) is 0 Å². The molecular formula is C21H23N3O2S. The van der Waals surface area contributed by atoms with Gasteiger partial charge in [-0.05, 0) is 43.2 Å². The van der Waals surface area contributed by atoms with Gasteiger partial charge in [0.15, 0.2) is 0 Å². The molecule has 0 fully saturated rings. The number of nitrogens with zero attached hydrogens (tertiary/aromatic N) is 2. The van der Waals surface area contributed by atoms with E-state index < -0.39 is 0 Å². The Morgan fingerprint density at radius 2 is 1.96 bits per heavy atom. The minimum absolute atomic E-state index is 0.113. The number of hydrogen-bond donors (Lipinski definition) is 1. The summed E-state index contributed by atoms with van der Waals surface area (Å²) < 4.78 is 5.63. The Morgan fingerprint density at radius 3 is 2.74 bits per heavy atom. The number of amides is 1. The molecule has 140 valence electrons. The number of anilines is 1. The van der Waals surface area contributed by atoms with Crippen molar-refractivity contribution >= 4 is 23.7 Å². The average molecular weight is 382 g/mol. The zero-order valence-electron chi connectivity index (χ0n) is 15.9. The fourth-order valence-electron chi connectivity index (χ4n) is 2.69. The second kappa shape index (κ2) is 8.39. The highest BCUT2D eigenvalue weighted by atomic mass is 32.2. The summed E-state index contributed by atoms with van der Waals surface area (Å²) >= 11 is 1.77. The van der Waals surface area contributed by atoms with Crippen LogP contribution in [0.3, 0.4) is 0 Å². The van der Waals surface area contributed by atoms with E-state index in [0.29, 0.717) is 11.1 Å². The second-order valence-electron chi connectivity index (χ2n) is 6.76. The Balaban J connectivity index is 1.69. The first-order chi connectivity index (χ1) is 12.9. The lowest BCUT2D eigenvalue weighted by molar-refractivity contribution is -0.115. The van der Waals surface area contributed by atoms with Gasteiger partial charge >= 0.3 is 6.01 Å². The fourth-order valence-corrected chi connectivity index (χ4v) is 3.59. The van der Waals surface area contributed by atoms with Gasteiger partial charge in [-0.25, -0.2) is 0 Å². The number of thioether (sulfide) groups is 1. The molecule has 0 saturated carbocycles. The van der Waals surface area contributed by atoms with Gasteiger partial charge in [-0.2, -0.15) is 0 Å². The molecule has 0 unspecified atom stereocenters. The maximum atomic E-state index is 12.3. The van der Waals surface area contributed by atoms with Crippen molar-refractivity contribution in [3.05, 3.63) is 59.2 Å². The van der Waals surface area contributed by atoms with Crippen LogP contribution in [0.5, 0.6) is 0 Å². The first-order valence-electron chi connectivity index (χ1n) is 8.87. The van der Waals surface area contributed by atoms with Gasteiger partial charge in [-0.3, -0.25) is 10.1 Å².